The lowest BCUT2D eigenvalue weighted by Gasteiger charge is -2.23. The van der Waals surface area contributed by atoms with E-state index in [2.05, 4.69) is 0 Å². The zero-order valence-electron chi connectivity index (χ0n) is 8.10. The Hall–Kier alpha value is -0.910. The van der Waals surface area contributed by atoms with Gasteiger partial charge in [0.2, 0.25) is 0 Å². The molecule has 14 heavy (non-hydrogen) atoms. The van der Waals surface area contributed by atoms with E-state index in [1.807, 2.05) is 18.2 Å². The van der Waals surface area contributed by atoms with Crippen molar-refractivity contribution in [2.45, 2.75) is 19.4 Å². The average Bonchev–Trinajstić information content (AvgIpc) is 2.01. The van der Waals surface area contributed by atoms with Crippen LogP contribution in [0.5, 0.6) is 0 Å². The van der Waals surface area contributed by atoms with Gasteiger partial charge >= 0.3 is 10.3 Å². The minimum absolute atomic E-state index is 0.758. The van der Waals surface area contributed by atoms with Gasteiger partial charge in [-0.2, -0.15) is 8.42 Å². The number of hydrogen-bond acceptors (Lipinski definition) is 3. The molecule has 0 aliphatic carbocycles. The Morgan fingerprint density at radius 1 is 1.21 bits per heavy atom. The van der Waals surface area contributed by atoms with Gasteiger partial charge in [0.1, 0.15) is 5.60 Å². The topological polar surface area (TPSA) is 69.4 Å². The van der Waals surface area contributed by atoms with Crippen LogP contribution >= 0.6 is 0 Å². The Morgan fingerprint density at radius 2 is 1.71 bits per heavy atom. The van der Waals surface area contributed by atoms with Gasteiger partial charge in [-0.1, -0.05) is 30.3 Å². The fourth-order valence-corrected chi connectivity index (χ4v) is 1.86. The van der Waals surface area contributed by atoms with Crippen molar-refractivity contribution in [3.63, 3.8) is 0 Å². The van der Waals surface area contributed by atoms with Crippen LogP contribution in [0.2, 0.25) is 0 Å². The molecule has 0 unspecified atom stereocenters. The third-order valence-corrected chi connectivity index (χ3v) is 2.44. The van der Waals surface area contributed by atoms with E-state index in [0.29, 0.717) is 0 Å². The van der Waals surface area contributed by atoms with Crippen LogP contribution in [0, 0.1) is 0 Å². The molecule has 0 aliphatic rings. The summed E-state index contributed by atoms with van der Waals surface area (Å²) >= 11 is 0. The van der Waals surface area contributed by atoms with E-state index >= 15 is 0 Å². The molecule has 5 heteroatoms. The highest BCUT2D eigenvalue weighted by atomic mass is 32.2. The van der Waals surface area contributed by atoms with Crippen LogP contribution in [-0.2, 0) is 20.1 Å². The van der Waals surface area contributed by atoms with E-state index in [4.69, 9.17) is 9.32 Å². The van der Waals surface area contributed by atoms with Crippen LogP contribution in [0.4, 0.5) is 0 Å². The first-order chi connectivity index (χ1) is 6.31. The van der Waals surface area contributed by atoms with E-state index in [-0.39, 0.29) is 0 Å². The normalized spacial score (nSPS) is 12.8. The minimum Gasteiger partial charge on any atom is -0.247 e. The lowest BCUT2D eigenvalue weighted by Crippen LogP contribution is -2.29. The first-order valence-electron chi connectivity index (χ1n) is 4.10. The molecule has 78 valence electrons. The summed E-state index contributed by atoms with van der Waals surface area (Å²) in [6, 6.07) is 9.03. The highest BCUT2D eigenvalue weighted by Gasteiger charge is 2.26. The zero-order chi connectivity index (χ0) is 10.8. The second-order valence-electron chi connectivity index (χ2n) is 3.45. The van der Waals surface area contributed by atoms with Gasteiger partial charge in [0.25, 0.3) is 0 Å². The number of benzene rings is 1. The monoisotopic (exact) mass is 215 g/mol. The molecular formula is C9H13NO3S. The van der Waals surface area contributed by atoms with Gasteiger partial charge in [-0.15, -0.1) is 0 Å². The third-order valence-electron chi connectivity index (χ3n) is 1.79. The first kappa shape index (κ1) is 11.2. The lowest BCUT2D eigenvalue weighted by atomic mass is 9.99. The van der Waals surface area contributed by atoms with Gasteiger partial charge in [0.05, 0.1) is 0 Å². The highest BCUT2D eigenvalue weighted by molar-refractivity contribution is 7.84. The van der Waals surface area contributed by atoms with Gasteiger partial charge in [0.15, 0.2) is 0 Å². The molecule has 1 aromatic rings. The summed E-state index contributed by atoms with van der Waals surface area (Å²) in [6.07, 6.45) is 0. The molecule has 0 heterocycles. The lowest BCUT2D eigenvalue weighted by molar-refractivity contribution is 0.118. The van der Waals surface area contributed by atoms with E-state index < -0.39 is 15.9 Å². The fraction of sp³-hybridized carbons (Fsp3) is 0.333. The summed E-state index contributed by atoms with van der Waals surface area (Å²) in [6.45, 7) is 3.29. The van der Waals surface area contributed by atoms with E-state index in [1.165, 1.54) is 0 Å². The van der Waals surface area contributed by atoms with Crippen molar-refractivity contribution in [3.8, 4) is 0 Å². The standard InChI is InChI=1S/C9H13NO3S/c1-9(2,13-14(10,11)12)8-6-4-3-5-7-8/h3-7H,1-2H3,(H2,10,11,12). The number of rotatable bonds is 3. The molecule has 0 atom stereocenters. The van der Waals surface area contributed by atoms with E-state index in [1.54, 1.807) is 26.0 Å². The van der Waals surface area contributed by atoms with Crippen molar-refractivity contribution in [3.05, 3.63) is 35.9 Å². The van der Waals surface area contributed by atoms with Crippen molar-refractivity contribution in [1.29, 1.82) is 0 Å². The SMILES string of the molecule is CC(C)(OS(N)(=O)=O)c1ccccc1. The second kappa shape index (κ2) is 3.68. The van der Waals surface area contributed by atoms with Gasteiger partial charge in [0, 0.05) is 0 Å². The molecule has 0 radical (unpaired) electrons. The largest absolute Gasteiger partial charge is 0.334 e. The fourth-order valence-electron chi connectivity index (χ4n) is 1.18. The quantitative estimate of drug-likeness (QED) is 0.822. The molecule has 4 nitrogen and oxygen atoms in total. The Kier molecular flexibility index (Phi) is 2.94. The van der Waals surface area contributed by atoms with Gasteiger partial charge in [-0.3, -0.25) is 0 Å². The summed E-state index contributed by atoms with van der Waals surface area (Å²) in [5.41, 5.74) is -0.177. The molecular weight excluding hydrogens is 202 g/mol. The summed E-state index contributed by atoms with van der Waals surface area (Å²) in [5.74, 6) is 0. The summed E-state index contributed by atoms with van der Waals surface area (Å²) < 4.78 is 26.3. The van der Waals surface area contributed by atoms with E-state index in [0.717, 1.165) is 5.56 Å². The molecule has 0 aromatic heterocycles. The molecule has 1 aromatic carbocycles. The van der Waals surface area contributed by atoms with Crippen molar-refractivity contribution >= 4 is 10.3 Å². The van der Waals surface area contributed by atoms with Crippen LogP contribution in [-0.4, -0.2) is 8.42 Å². The average molecular weight is 215 g/mol. The summed E-state index contributed by atoms with van der Waals surface area (Å²) in [5, 5.41) is 4.81. The number of hydrogen-bond donors (Lipinski definition) is 1. The smallest absolute Gasteiger partial charge is 0.247 e. The molecule has 1 rings (SSSR count). The molecule has 0 spiro atoms. The number of nitrogens with two attached hydrogens (primary N) is 1. The van der Waals surface area contributed by atoms with Crippen molar-refractivity contribution in [1.82, 2.24) is 0 Å². The molecule has 0 saturated heterocycles. The zero-order valence-corrected chi connectivity index (χ0v) is 8.91. The van der Waals surface area contributed by atoms with Gasteiger partial charge < -0.3 is 0 Å². The molecule has 0 saturated carbocycles. The Bertz CT molecular complexity index is 397. The van der Waals surface area contributed by atoms with Crippen LogP contribution < -0.4 is 5.14 Å². The highest BCUT2D eigenvalue weighted by Crippen LogP contribution is 2.25. The van der Waals surface area contributed by atoms with E-state index in [9.17, 15) is 8.42 Å². The van der Waals surface area contributed by atoms with Crippen molar-refractivity contribution < 1.29 is 12.6 Å². The summed E-state index contributed by atoms with van der Waals surface area (Å²) in [4.78, 5) is 0. The Labute approximate surface area is 83.9 Å². The Balaban J connectivity index is 2.97. The maximum Gasteiger partial charge on any atom is 0.334 e. The minimum atomic E-state index is -3.93. The summed E-state index contributed by atoms with van der Waals surface area (Å²) in [7, 11) is -3.93. The van der Waals surface area contributed by atoms with Crippen molar-refractivity contribution in [2.75, 3.05) is 0 Å². The Morgan fingerprint density at radius 3 is 2.14 bits per heavy atom. The molecule has 0 aliphatic heterocycles. The first-order valence-corrected chi connectivity index (χ1v) is 5.57. The maximum absolute atomic E-state index is 10.8. The second-order valence-corrected chi connectivity index (χ2v) is 4.60. The molecule has 0 bridgehead atoms. The van der Waals surface area contributed by atoms with Gasteiger partial charge in [-0.25, -0.2) is 9.32 Å². The predicted octanol–water partition coefficient (Wildman–Crippen LogP) is 1.14. The molecule has 0 amide bonds. The van der Waals surface area contributed by atoms with Crippen molar-refractivity contribution in [2.24, 2.45) is 5.14 Å². The molecule has 2 N–H and O–H groups in total. The van der Waals surface area contributed by atoms with Gasteiger partial charge in [-0.05, 0) is 19.4 Å². The predicted molar refractivity (Wildman–Crippen MR) is 53.7 cm³/mol. The third kappa shape index (κ3) is 3.10. The molecule has 0 fully saturated rings. The van der Waals surface area contributed by atoms with Crippen LogP contribution in [0.15, 0.2) is 30.3 Å². The van der Waals surface area contributed by atoms with Crippen LogP contribution in [0.25, 0.3) is 0 Å². The van der Waals surface area contributed by atoms with Crippen LogP contribution in [0.1, 0.15) is 19.4 Å². The maximum atomic E-state index is 10.8. The van der Waals surface area contributed by atoms with Crippen LogP contribution in [0.3, 0.4) is 0 Å².